The first-order valence-corrected chi connectivity index (χ1v) is 10.1. The molecular weight excluding hydrogens is 336 g/mol. The van der Waals surface area contributed by atoms with Crippen LogP contribution in [0.15, 0.2) is 35.9 Å². The number of rotatable bonds is 7. The topological polar surface area (TPSA) is 75.3 Å². The summed E-state index contributed by atoms with van der Waals surface area (Å²) in [5.74, 6) is 0.347. The van der Waals surface area contributed by atoms with Crippen LogP contribution in [0.5, 0.6) is 0 Å². The van der Waals surface area contributed by atoms with E-state index in [0.29, 0.717) is 12.5 Å². The van der Waals surface area contributed by atoms with E-state index >= 15 is 0 Å². The van der Waals surface area contributed by atoms with Crippen LogP contribution >= 0.6 is 0 Å². The molecule has 0 spiro atoms. The molecule has 1 aliphatic rings. The van der Waals surface area contributed by atoms with Crippen LogP contribution in [0.4, 0.5) is 0 Å². The highest BCUT2D eigenvalue weighted by molar-refractivity contribution is 7.88. The minimum absolute atomic E-state index is 0.00667. The third kappa shape index (κ3) is 4.92. The largest absolute Gasteiger partial charge is 0.352 e. The van der Waals surface area contributed by atoms with E-state index in [9.17, 15) is 13.2 Å². The molecule has 1 aliphatic carbocycles. The molecule has 2 unspecified atom stereocenters. The van der Waals surface area contributed by atoms with E-state index in [1.165, 1.54) is 12.6 Å². The number of nitrogens with one attached hydrogen (secondary N) is 2. The predicted octanol–water partition coefficient (Wildman–Crippen LogP) is 2.59. The summed E-state index contributed by atoms with van der Waals surface area (Å²) in [6.07, 6.45) is 2.18. The summed E-state index contributed by atoms with van der Waals surface area (Å²) in [5.41, 5.74) is 2.92. The highest BCUT2D eigenvalue weighted by atomic mass is 32.2. The number of amides is 1. The molecule has 25 heavy (non-hydrogen) atoms. The van der Waals surface area contributed by atoms with E-state index < -0.39 is 10.0 Å². The van der Waals surface area contributed by atoms with Crippen LogP contribution in [0.2, 0.25) is 0 Å². The van der Waals surface area contributed by atoms with Gasteiger partial charge in [0.15, 0.2) is 0 Å². The second kappa shape index (κ2) is 7.30. The second-order valence-corrected chi connectivity index (χ2v) is 9.49. The molecule has 1 saturated carbocycles. The van der Waals surface area contributed by atoms with Gasteiger partial charge in [-0.1, -0.05) is 49.8 Å². The van der Waals surface area contributed by atoms with Crippen molar-refractivity contribution in [1.29, 1.82) is 0 Å². The lowest BCUT2D eigenvalue weighted by Crippen LogP contribution is -2.26. The smallest absolute Gasteiger partial charge is 0.224 e. The average molecular weight is 365 g/mol. The fourth-order valence-corrected chi connectivity index (χ4v) is 3.97. The average Bonchev–Trinajstić information content (AvgIpc) is 3.06. The molecule has 138 valence electrons. The van der Waals surface area contributed by atoms with Crippen molar-refractivity contribution >= 4 is 15.9 Å². The Balaban J connectivity index is 1.92. The van der Waals surface area contributed by atoms with E-state index in [2.05, 4.69) is 43.8 Å². The van der Waals surface area contributed by atoms with Gasteiger partial charge in [0, 0.05) is 6.54 Å². The van der Waals surface area contributed by atoms with Gasteiger partial charge in [-0.2, -0.15) is 0 Å². The van der Waals surface area contributed by atoms with Crippen LogP contribution < -0.4 is 10.0 Å². The first-order valence-electron chi connectivity index (χ1n) is 8.48. The molecular formula is C19H28N2O3S. The fraction of sp³-hybridized carbons (Fsp3) is 0.526. The summed E-state index contributed by atoms with van der Waals surface area (Å²) in [7, 11) is -1.86. The Hall–Kier alpha value is -1.66. The first kappa shape index (κ1) is 19.7. The van der Waals surface area contributed by atoms with Crippen LogP contribution in [0.1, 0.15) is 38.8 Å². The summed E-state index contributed by atoms with van der Waals surface area (Å²) >= 11 is 0. The van der Waals surface area contributed by atoms with E-state index in [4.69, 9.17) is 0 Å². The molecule has 1 aromatic carbocycles. The maximum atomic E-state index is 12.5. The zero-order chi connectivity index (χ0) is 18.8. The zero-order valence-electron chi connectivity index (χ0n) is 15.6. The van der Waals surface area contributed by atoms with Crippen molar-refractivity contribution in [3.8, 4) is 0 Å². The molecule has 5 nitrogen and oxygen atoms in total. The van der Waals surface area contributed by atoms with Crippen LogP contribution in [0, 0.1) is 17.3 Å². The highest BCUT2D eigenvalue weighted by Gasteiger charge is 2.60. The van der Waals surface area contributed by atoms with Gasteiger partial charge in [0.1, 0.15) is 0 Å². The van der Waals surface area contributed by atoms with Crippen molar-refractivity contribution in [3.63, 3.8) is 0 Å². The maximum absolute atomic E-state index is 12.5. The van der Waals surface area contributed by atoms with Crippen molar-refractivity contribution in [2.24, 2.45) is 17.3 Å². The van der Waals surface area contributed by atoms with Gasteiger partial charge in [-0.25, -0.2) is 13.1 Å². The number of hydrogen-bond donors (Lipinski definition) is 2. The molecule has 0 aliphatic heterocycles. The van der Waals surface area contributed by atoms with Gasteiger partial charge in [-0.05, 0) is 43.4 Å². The summed E-state index contributed by atoms with van der Waals surface area (Å²) in [6.45, 7) is 8.81. The Bertz CT molecular complexity index is 760. The van der Waals surface area contributed by atoms with Crippen molar-refractivity contribution in [2.45, 2.75) is 40.0 Å². The highest BCUT2D eigenvalue weighted by Crippen LogP contribution is 2.59. The van der Waals surface area contributed by atoms with Crippen LogP contribution in [-0.2, 0) is 27.1 Å². The second-order valence-electron chi connectivity index (χ2n) is 7.57. The normalized spacial score (nSPS) is 21.5. The minimum atomic E-state index is -3.27. The van der Waals surface area contributed by atoms with Crippen LogP contribution in [0.3, 0.4) is 0 Å². The van der Waals surface area contributed by atoms with Crippen molar-refractivity contribution in [2.75, 3.05) is 7.05 Å². The van der Waals surface area contributed by atoms with Crippen molar-refractivity contribution in [1.82, 2.24) is 10.0 Å². The quantitative estimate of drug-likeness (QED) is 0.730. The first-order chi connectivity index (χ1) is 11.6. The molecule has 0 aromatic heterocycles. The van der Waals surface area contributed by atoms with Crippen molar-refractivity contribution < 1.29 is 13.2 Å². The molecule has 1 amide bonds. The molecule has 6 heteroatoms. The Morgan fingerprint density at radius 3 is 2.24 bits per heavy atom. The summed E-state index contributed by atoms with van der Waals surface area (Å²) in [4.78, 5) is 12.5. The third-order valence-electron chi connectivity index (χ3n) is 4.86. The van der Waals surface area contributed by atoms with E-state index in [-0.39, 0.29) is 23.0 Å². The van der Waals surface area contributed by atoms with Crippen molar-refractivity contribution in [3.05, 3.63) is 47.0 Å². The summed E-state index contributed by atoms with van der Waals surface area (Å²) in [6, 6.07) is 7.27. The number of carbonyl (C=O) groups is 1. The summed E-state index contributed by atoms with van der Waals surface area (Å²) in [5, 5.41) is 3.00. The van der Waals surface area contributed by atoms with Gasteiger partial charge < -0.3 is 5.32 Å². The molecule has 0 saturated heterocycles. The number of hydrogen-bond acceptors (Lipinski definition) is 3. The molecule has 1 fully saturated rings. The monoisotopic (exact) mass is 364 g/mol. The van der Waals surface area contributed by atoms with Gasteiger partial charge in [-0.3, -0.25) is 4.79 Å². The summed E-state index contributed by atoms with van der Waals surface area (Å²) < 4.78 is 25.4. The van der Waals surface area contributed by atoms with Gasteiger partial charge in [0.05, 0.1) is 11.7 Å². The number of carbonyl (C=O) groups excluding carboxylic acids is 1. The lowest BCUT2D eigenvalue weighted by atomic mass is 10.1. The van der Waals surface area contributed by atoms with Gasteiger partial charge in [0.25, 0.3) is 0 Å². The Kier molecular flexibility index (Phi) is 5.74. The Labute approximate surface area is 151 Å². The molecule has 0 bridgehead atoms. The Morgan fingerprint density at radius 2 is 1.72 bits per heavy atom. The molecule has 0 radical (unpaired) electrons. The lowest BCUT2D eigenvalue weighted by Gasteiger charge is -2.08. The molecule has 1 aromatic rings. The number of benzene rings is 1. The molecule has 2 N–H and O–H groups in total. The minimum Gasteiger partial charge on any atom is -0.352 e. The molecule has 0 heterocycles. The lowest BCUT2D eigenvalue weighted by molar-refractivity contribution is -0.123. The predicted molar refractivity (Wildman–Crippen MR) is 100 cm³/mol. The van der Waals surface area contributed by atoms with Gasteiger partial charge in [-0.15, -0.1) is 0 Å². The zero-order valence-corrected chi connectivity index (χ0v) is 16.4. The van der Waals surface area contributed by atoms with Gasteiger partial charge >= 0.3 is 0 Å². The van der Waals surface area contributed by atoms with Crippen LogP contribution in [0.25, 0.3) is 0 Å². The molecule has 2 rings (SSSR count). The standard InChI is InChI=1S/C19H28N2O3S/c1-13(2)10-16-17(19(16,3)4)18(22)21-11-14-6-8-15(9-7-14)12-25(23,24)20-5/h6-10,16-17,20H,11-12H2,1-5H3,(H,21,22). The fourth-order valence-electron chi connectivity index (χ4n) is 3.19. The number of sulfonamides is 1. The molecule has 2 atom stereocenters. The van der Waals surface area contributed by atoms with Gasteiger partial charge in [0.2, 0.25) is 15.9 Å². The Morgan fingerprint density at radius 1 is 1.16 bits per heavy atom. The van der Waals surface area contributed by atoms with E-state index in [0.717, 1.165) is 11.1 Å². The maximum Gasteiger partial charge on any atom is 0.224 e. The van der Waals surface area contributed by atoms with E-state index in [1.54, 1.807) is 12.1 Å². The van der Waals surface area contributed by atoms with E-state index in [1.807, 2.05) is 12.1 Å². The third-order valence-corrected chi connectivity index (χ3v) is 6.20. The number of allylic oxidation sites excluding steroid dienone is 2. The SMILES string of the molecule is CNS(=O)(=O)Cc1ccc(CNC(=O)C2C(C=C(C)C)C2(C)C)cc1. The van der Waals surface area contributed by atoms with Crippen LogP contribution in [-0.4, -0.2) is 21.4 Å².